The lowest BCUT2D eigenvalue weighted by Crippen LogP contribution is -2.41. The van der Waals surface area contributed by atoms with E-state index in [-0.39, 0.29) is 11.4 Å². The van der Waals surface area contributed by atoms with E-state index in [1.54, 1.807) is 32.4 Å². The topological polar surface area (TPSA) is 106 Å². The van der Waals surface area contributed by atoms with Gasteiger partial charge in [-0.25, -0.2) is 4.98 Å². The Kier molecular flexibility index (Phi) is 8.85. The zero-order valence-corrected chi connectivity index (χ0v) is 21.3. The first-order valence-electron chi connectivity index (χ1n) is 12.7. The summed E-state index contributed by atoms with van der Waals surface area (Å²) in [5.41, 5.74) is 8.82. The minimum absolute atomic E-state index is 0.0311. The van der Waals surface area contributed by atoms with Crippen LogP contribution in [0.2, 0.25) is 0 Å². The molecule has 1 saturated heterocycles. The Hall–Kier alpha value is -3.07. The molecule has 2 atom stereocenters. The Labute approximate surface area is 212 Å². The van der Waals surface area contributed by atoms with Gasteiger partial charge < -0.3 is 19.8 Å². The Morgan fingerprint density at radius 1 is 1.00 bits per heavy atom. The fraction of sp³-hybridized carbons (Fsp3) is 0.464. The number of fused-ring (bicyclic) bond motifs is 1. The molecule has 0 saturated carbocycles. The molecule has 36 heavy (non-hydrogen) atoms. The third kappa shape index (κ3) is 5.83. The number of aromatic nitrogens is 2. The number of hydrogen-bond acceptors (Lipinski definition) is 6. The molecule has 1 fully saturated rings. The van der Waals surface area contributed by atoms with Gasteiger partial charge in [-0.2, -0.15) is 0 Å². The maximum Gasteiger partial charge on any atom is 0.277 e. The summed E-state index contributed by atoms with van der Waals surface area (Å²) >= 11 is 0. The van der Waals surface area contributed by atoms with Crippen LogP contribution < -0.4 is 11.3 Å². The number of para-hydroxylation sites is 2. The number of hydrogen-bond donors (Lipinski definition) is 2. The average molecular weight is 492 g/mol. The third-order valence-electron chi connectivity index (χ3n) is 7.09. The first kappa shape index (κ1) is 26.0. The van der Waals surface area contributed by atoms with Crippen molar-refractivity contribution < 1.29 is 9.47 Å². The van der Waals surface area contributed by atoms with E-state index in [1.165, 1.54) is 0 Å². The van der Waals surface area contributed by atoms with Crippen LogP contribution in [0, 0.1) is 5.41 Å². The van der Waals surface area contributed by atoms with E-state index in [1.807, 2.05) is 34.9 Å². The number of rotatable bonds is 12. The predicted octanol–water partition coefficient (Wildman–Crippen LogP) is 3.64. The van der Waals surface area contributed by atoms with Gasteiger partial charge in [0, 0.05) is 44.0 Å². The van der Waals surface area contributed by atoms with E-state index in [0.29, 0.717) is 35.4 Å². The minimum Gasteiger partial charge on any atom is -0.384 e. The highest BCUT2D eigenvalue weighted by molar-refractivity contribution is 5.96. The Morgan fingerprint density at radius 3 is 2.39 bits per heavy atom. The Morgan fingerprint density at radius 2 is 1.69 bits per heavy atom. The number of nitrogen functional groups attached to an aromatic ring is 1. The molecular formula is C28H37N5O3. The fourth-order valence-electron chi connectivity index (χ4n) is 5.30. The summed E-state index contributed by atoms with van der Waals surface area (Å²) in [6.45, 7) is 3.15. The lowest BCUT2D eigenvalue weighted by Gasteiger charge is -2.29. The smallest absolute Gasteiger partial charge is 0.277 e. The molecule has 0 spiro atoms. The maximum atomic E-state index is 13.5. The summed E-state index contributed by atoms with van der Waals surface area (Å²) in [5.74, 6) is -0.0311. The molecule has 1 aromatic heterocycles. The number of nitrogens with two attached hydrogens (primary N) is 1. The second-order valence-electron chi connectivity index (χ2n) is 9.49. The summed E-state index contributed by atoms with van der Waals surface area (Å²) in [6.07, 6.45) is 5.28. The number of unbranched alkanes of at least 4 members (excludes halogenated alkanes) is 2. The van der Waals surface area contributed by atoms with Gasteiger partial charge in [0.15, 0.2) is 0 Å². The minimum atomic E-state index is -0.116. The van der Waals surface area contributed by atoms with Gasteiger partial charge in [-0.1, -0.05) is 36.8 Å². The molecule has 192 valence electrons. The standard InChI is InChI=1S/C28H37N5O3/c1-35-18-22-13-14-23(19-36-2)32(22)15-6-3-7-16-33-25-12-5-4-11-24(25)31-26(28(33)34)20-9-8-10-21(17-20)27(29)30/h4-5,8-12,17,22-23H,3,6-7,13-16,18-19H2,1-2H3,(H3,29,30). The van der Waals surface area contributed by atoms with Gasteiger partial charge in [0.05, 0.1) is 24.2 Å². The zero-order chi connectivity index (χ0) is 25.5. The molecule has 4 rings (SSSR count). The number of amidine groups is 1. The second-order valence-corrected chi connectivity index (χ2v) is 9.49. The van der Waals surface area contributed by atoms with Crippen molar-refractivity contribution in [3.63, 3.8) is 0 Å². The van der Waals surface area contributed by atoms with E-state index < -0.39 is 0 Å². The molecule has 0 radical (unpaired) electrons. The molecular weight excluding hydrogens is 454 g/mol. The highest BCUT2D eigenvalue weighted by Gasteiger charge is 2.32. The van der Waals surface area contributed by atoms with E-state index in [2.05, 4.69) is 9.88 Å². The van der Waals surface area contributed by atoms with Crippen LogP contribution in [0.4, 0.5) is 0 Å². The van der Waals surface area contributed by atoms with Crippen molar-refractivity contribution >= 4 is 16.9 Å². The van der Waals surface area contributed by atoms with Gasteiger partial charge in [-0.15, -0.1) is 0 Å². The van der Waals surface area contributed by atoms with E-state index in [9.17, 15) is 4.79 Å². The van der Waals surface area contributed by atoms with Crippen LogP contribution in [0.5, 0.6) is 0 Å². The number of likely N-dealkylation sites (tertiary alicyclic amines) is 1. The van der Waals surface area contributed by atoms with Crippen LogP contribution in [0.25, 0.3) is 22.3 Å². The molecule has 0 amide bonds. The molecule has 8 nitrogen and oxygen atoms in total. The van der Waals surface area contributed by atoms with E-state index in [0.717, 1.165) is 62.9 Å². The summed E-state index contributed by atoms with van der Waals surface area (Å²) in [5, 5.41) is 7.74. The lowest BCUT2D eigenvalue weighted by molar-refractivity contribution is 0.0617. The van der Waals surface area contributed by atoms with Gasteiger partial charge in [-0.3, -0.25) is 15.1 Å². The summed E-state index contributed by atoms with van der Waals surface area (Å²) < 4.78 is 12.7. The SMILES string of the molecule is COCC1CCC(COC)N1CCCCCn1c(=O)c(-c2cccc(C(=N)N)c2)nc2ccccc21. The van der Waals surface area contributed by atoms with Gasteiger partial charge in [0.25, 0.3) is 5.56 Å². The maximum absolute atomic E-state index is 13.5. The molecule has 2 aromatic carbocycles. The predicted molar refractivity (Wildman–Crippen MR) is 144 cm³/mol. The van der Waals surface area contributed by atoms with Crippen LogP contribution in [0.15, 0.2) is 53.3 Å². The summed E-state index contributed by atoms with van der Waals surface area (Å²) in [4.78, 5) is 20.8. The highest BCUT2D eigenvalue weighted by atomic mass is 16.5. The molecule has 1 aliphatic rings. The highest BCUT2D eigenvalue weighted by Crippen LogP contribution is 2.25. The molecule has 2 heterocycles. The van der Waals surface area contributed by atoms with Crippen LogP contribution in [0.1, 0.15) is 37.7 Å². The van der Waals surface area contributed by atoms with Crippen LogP contribution in [0.3, 0.4) is 0 Å². The first-order valence-corrected chi connectivity index (χ1v) is 12.7. The second kappa shape index (κ2) is 12.3. The van der Waals surface area contributed by atoms with Crippen molar-refractivity contribution in [3.05, 3.63) is 64.4 Å². The van der Waals surface area contributed by atoms with Crippen LogP contribution in [-0.4, -0.2) is 66.3 Å². The quantitative estimate of drug-likeness (QED) is 0.228. The number of methoxy groups -OCH3 is 2. The molecule has 8 heteroatoms. The van der Waals surface area contributed by atoms with Crippen molar-refractivity contribution in [1.82, 2.24) is 14.5 Å². The number of nitrogens with one attached hydrogen (secondary N) is 1. The number of aryl methyl sites for hydroxylation is 1. The number of ether oxygens (including phenoxy) is 2. The van der Waals surface area contributed by atoms with Gasteiger partial charge in [0.2, 0.25) is 0 Å². The van der Waals surface area contributed by atoms with Crippen LogP contribution >= 0.6 is 0 Å². The van der Waals surface area contributed by atoms with Crippen molar-refractivity contribution in [2.75, 3.05) is 34.0 Å². The summed E-state index contributed by atoms with van der Waals surface area (Å²) in [6, 6.07) is 15.8. The summed E-state index contributed by atoms with van der Waals surface area (Å²) in [7, 11) is 3.53. The van der Waals surface area contributed by atoms with Crippen molar-refractivity contribution in [1.29, 1.82) is 5.41 Å². The van der Waals surface area contributed by atoms with Gasteiger partial charge in [0.1, 0.15) is 11.5 Å². The molecule has 0 bridgehead atoms. The molecule has 0 aliphatic carbocycles. The first-order chi connectivity index (χ1) is 17.5. The van der Waals surface area contributed by atoms with Crippen LogP contribution in [-0.2, 0) is 16.0 Å². The Bertz CT molecular complexity index is 1230. The van der Waals surface area contributed by atoms with Gasteiger partial charge in [-0.05, 0) is 50.4 Å². The third-order valence-corrected chi connectivity index (χ3v) is 7.09. The molecule has 3 N–H and O–H groups in total. The molecule has 1 aliphatic heterocycles. The van der Waals surface area contributed by atoms with Crippen molar-refractivity contribution in [2.24, 2.45) is 5.73 Å². The van der Waals surface area contributed by atoms with Crippen molar-refractivity contribution in [2.45, 2.75) is 50.7 Å². The van der Waals surface area contributed by atoms with Crippen molar-refractivity contribution in [3.8, 4) is 11.3 Å². The Balaban J connectivity index is 1.48. The fourth-order valence-corrected chi connectivity index (χ4v) is 5.30. The van der Waals surface area contributed by atoms with Gasteiger partial charge >= 0.3 is 0 Å². The average Bonchev–Trinajstić information content (AvgIpc) is 3.26. The number of nitrogens with zero attached hydrogens (tertiary/aromatic N) is 3. The van der Waals surface area contributed by atoms with E-state index in [4.69, 9.17) is 20.6 Å². The number of benzene rings is 2. The molecule has 3 aromatic rings. The normalized spacial score (nSPS) is 18.2. The monoisotopic (exact) mass is 491 g/mol. The molecule has 2 unspecified atom stereocenters. The lowest BCUT2D eigenvalue weighted by atomic mass is 10.1. The zero-order valence-electron chi connectivity index (χ0n) is 21.3. The largest absolute Gasteiger partial charge is 0.384 e. The van der Waals surface area contributed by atoms with E-state index >= 15 is 0 Å².